The van der Waals surface area contributed by atoms with Crippen molar-refractivity contribution in [2.24, 2.45) is 20.7 Å². The molecule has 3 rings (SSSR count). The molecule has 1 radical (unpaired) electrons. The molecule has 1 aromatic carbocycles. The maximum atomic E-state index is 12.4. The number of nitrogens with zero attached hydrogens (tertiary/aromatic N) is 4. The molecule has 6 heteroatoms. The number of carbonyl (C=O) groups excluding carboxylic acids is 1. The van der Waals surface area contributed by atoms with E-state index in [0.29, 0.717) is 17.1 Å². The van der Waals surface area contributed by atoms with Gasteiger partial charge in [0.15, 0.2) is 6.34 Å². The minimum atomic E-state index is -1.53. The van der Waals surface area contributed by atoms with Crippen LogP contribution in [0, 0.1) is 0 Å². The molecule has 87 valence electrons. The summed E-state index contributed by atoms with van der Waals surface area (Å²) in [4.78, 5) is 28.3. The Kier molecular flexibility index (Phi) is 2.24. The van der Waals surface area contributed by atoms with Gasteiger partial charge in [-0.3, -0.25) is 10.5 Å². The fourth-order valence-corrected chi connectivity index (χ4v) is 1.84. The molecule has 1 atom stereocenters. The van der Waals surface area contributed by atoms with E-state index in [1.165, 1.54) is 12.7 Å². The first-order valence-corrected chi connectivity index (χ1v) is 5.33. The Balaban J connectivity index is 2.05. The summed E-state index contributed by atoms with van der Waals surface area (Å²) in [7, 11) is 0. The summed E-state index contributed by atoms with van der Waals surface area (Å²) in [5.74, 6) is 0.0211. The molecule has 0 aliphatic carbocycles. The molecule has 0 bridgehead atoms. The first kappa shape index (κ1) is 10.7. The molecule has 0 saturated heterocycles. The number of hydrogen-bond donors (Lipinski definition) is 1. The monoisotopic (exact) mass is 239 g/mol. The summed E-state index contributed by atoms with van der Waals surface area (Å²) in [5, 5.41) is 0. The number of Topliss-reactive ketones (excluding diaryl/α,β-unsaturated/α-hetero) is 1. The Bertz CT molecular complexity index is 629. The molecule has 0 fully saturated rings. The number of carbonyl (C=O) groups is 1. The average Bonchev–Trinajstić information content (AvgIpc) is 2.89. The second kappa shape index (κ2) is 3.78. The Labute approximate surface area is 103 Å². The fourth-order valence-electron chi connectivity index (χ4n) is 1.84. The largest absolute Gasteiger partial charge is 0.341 e. The average molecular weight is 239 g/mol. The highest BCUT2D eigenvalue weighted by Crippen LogP contribution is 2.18. The van der Waals surface area contributed by atoms with Crippen molar-refractivity contribution < 1.29 is 4.79 Å². The summed E-state index contributed by atoms with van der Waals surface area (Å²) in [6.07, 6.45) is 2.57. The quantitative estimate of drug-likeness (QED) is 0.722. The van der Waals surface area contributed by atoms with Crippen molar-refractivity contribution in [2.45, 2.75) is 5.66 Å². The summed E-state index contributed by atoms with van der Waals surface area (Å²) >= 11 is 0. The van der Waals surface area contributed by atoms with E-state index in [0.717, 1.165) is 0 Å². The van der Waals surface area contributed by atoms with Gasteiger partial charge in [0.25, 0.3) is 6.34 Å². The van der Waals surface area contributed by atoms with Gasteiger partial charge in [0, 0.05) is 5.56 Å². The lowest BCUT2D eigenvalue weighted by Crippen LogP contribution is -2.57. The van der Waals surface area contributed by atoms with Crippen LogP contribution in [0.3, 0.4) is 0 Å². The summed E-state index contributed by atoms with van der Waals surface area (Å²) in [5.41, 5.74) is 5.32. The molecule has 1 unspecified atom stereocenters. The highest BCUT2D eigenvalue weighted by atomic mass is 16.1. The zero-order valence-corrected chi connectivity index (χ0v) is 9.32. The summed E-state index contributed by atoms with van der Waals surface area (Å²) in [6, 6.07) is 8.74. The number of benzene rings is 1. The maximum absolute atomic E-state index is 12.4. The third-order valence-corrected chi connectivity index (χ3v) is 2.76. The van der Waals surface area contributed by atoms with Gasteiger partial charge in [0.05, 0.1) is 0 Å². The van der Waals surface area contributed by atoms with Crippen LogP contribution < -0.4 is 10.7 Å². The summed E-state index contributed by atoms with van der Waals surface area (Å²) < 4.78 is 0. The molecule has 0 aromatic heterocycles. The van der Waals surface area contributed by atoms with Crippen LogP contribution >= 0.6 is 0 Å². The van der Waals surface area contributed by atoms with Crippen LogP contribution in [0.1, 0.15) is 10.4 Å². The van der Waals surface area contributed by atoms with Crippen LogP contribution in [0.2, 0.25) is 0 Å². The van der Waals surface area contributed by atoms with E-state index >= 15 is 0 Å². The zero-order valence-electron chi connectivity index (χ0n) is 9.32. The first-order valence-electron chi connectivity index (χ1n) is 5.33. The lowest BCUT2D eigenvalue weighted by molar-refractivity contribution is 0.0938. The van der Waals surface area contributed by atoms with Crippen LogP contribution in [-0.4, -0.2) is 35.7 Å². The highest BCUT2D eigenvalue weighted by molar-refractivity contribution is 6.54. The molecule has 0 saturated carbocycles. The van der Waals surface area contributed by atoms with Gasteiger partial charge in [-0.15, -0.1) is 4.99 Å². The van der Waals surface area contributed by atoms with E-state index < -0.39 is 5.66 Å². The number of rotatable bonds is 2. The van der Waals surface area contributed by atoms with Gasteiger partial charge in [-0.25, -0.2) is 4.99 Å². The van der Waals surface area contributed by atoms with E-state index in [1.807, 2.05) is 6.07 Å². The number of ketones is 1. The Morgan fingerprint density at radius 1 is 1.22 bits per heavy atom. The Hall–Kier alpha value is -2.47. The summed E-state index contributed by atoms with van der Waals surface area (Å²) in [6.45, 7) is 0. The lowest BCUT2D eigenvalue weighted by Gasteiger charge is -2.20. The van der Waals surface area contributed by atoms with Crippen molar-refractivity contribution in [3.63, 3.8) is 0 Å². The third kappa shape index (κ3) is 1.43. The number of nitrogens with two attached hydrogens (primary N) is 1. The second-order valence-electron chi connectivity index (χ2n) is 3.88. The Morgan fingerprint density at radius 2 is 2.00 bits per heavy atom. The van der Waals surface area contributed by atoms with Crippen LogP contribution in [0.4, 0.5) is 0 Å². The van der Waals surface area contributed by atoms with Crippen LogP contribution in [0.5, 0.6) is 0 Å². The van der Waals surface area contributed by atoms with Gasteiger partial charge in [0.2, 0.25) is 17.2 Å². The number of hydrogen-bond acceptors (Lipinski definition) is 6. The smallest absolute Gasteiger partial charge is 0.294 e. The van der Waals surface area contributed by atoms with Gasteiger partial charge in [-0.05, 0) is 0 Å². The minimum absolute atomic E-state index is 0.291. The predicted octanol–water partition coefficient (Wildman–Crippen LogP) is -0.217. The number of fused-ring (bicyclic) bond motifs is 1. The van der Waals surface area contributed by atoms with E-state index in [1.54, 1.807) is 24.3 Å². The van der Waals surface area contributed by atoms with Gasteiger partial charge in [-0.2, -0.15) is 0 Å². The third-order valence-electron chi connectivity index (χ3n) is 2.76. The lowest BCUT2D eigenvalue weighted by atomic mass is 9.93. The normalized spacial score (nSPS) is 24.5. The molecular formula is C12H9N5O+. The van der Waals surface area contributed by atoms with E-state index in [2.05, 4.69) is 20.0 Å². The van der Waals surface area contributed by atoms with Crippen LogP contribution in [0.15, 0.2) is 45.3 Å². The molecule has 2 N–H and O–H groups in total. The minimum Gasteiger partial charge on any atom is -0.294 e. The highest BCUT2D eigenvalue weighted by Gasteiger charge is 2.50. The van der Waals surface area contributed by atoms with E-state index in [-0.39, 0.29) is 5.78 Å². The van der Waals surface area contributed by atoms with Gasteiger partial charge in [-0.1, -0.05) is 40.3 Å². The van der Waals surface area contributed by atoms with Crippen LogP contribution in [0.25, 0.3) is 0 Å². The molecule has 2 aliphatic rings. The molecular weight excluding hydrogens is 230 g/mol. The van der Waals surface area contributed by atoms with Crippen molar-refractivity contribution >= 4 is 30.0 Å². The molecule has 0 amide bonds. The fraction of sp³-hybridized carbons (Fsp3) is 0.0833. The van der Waals surface area contributed by atoms with Crippen molar-refractivity contribution in [1.29, 1.82) is 0 Å². The predicted molar refractivity (Wildman–Crippen MR) is 69.3 cm³/mol. The van der Waals surface area contributed by atoms with Crippen molar-refractivity contribution in [2.75, 3.05) is 0 Å². The maximum Gasteiger partial charge on any atom is 0.341 e. The van der Waals surface area contributed by atoms with Crippen molar-refractivity contribution in [1.82, 2.24) is 4.99 Å². The molecule has 1 aromatic rings. The van der Waals surface area contributed by atoms with Gasteiger partial charge in [0.1, 0.15) is 0 Å². The molecule has 2 aliphatic heterocycles. The molecule has 0 spiro atoms. The molecule has 18 heavy (non-hydrogen) atoms. The standard InChI is InChI=1S/C12H9N5O/c13-12(10(18)8-4-2-1-3-5-8)9-11(15-6-14-9)16-7-17-12/h1-7H,13H2/q+1. The second-order valence-corrected chi connectivity index (χ2v) is 3.88. The van der Waals surface area contributed by atoms with E-state index in [9.17, 15) is 4.79 Å². The van der Waals surface area contributed by atoms with Gasteiger partial charge < -0.3 is 0 Å². The topological polar surface area (TPSA) is 94.3 Å². The van der Waals surface area contributed by atoms with Crippen molar-refractivity contribution in [3.05, 3.63) is 35.9 Å². The number of amidine groups is 1. The van der Waals surface area contributed by atoms with Crippen molar-refractivity contribution in [3.8, 4) is 0 Å². The van der Waals surface area contributed by atoms with Gasteiger partial charge >= 0.3 is 5.84 Å². The molecule has 2 heterocycles. The first-order chi connectivity index (χ1) is 8.72. The van der Waals surface area contributed by atoms with E-state index in [4.69, 9.17) is 5.73 Å². The zero-order chi connectivity index (χ0) is 12.6. The van der Waals surface area contributed by atoms with Crippen LogP contribution in [-0.2, 0) is 0 Å². The number of aliphatic imine (C=N–C) groups is 4. The SMILES string of the molecule is NC1(C(=O)c2ccccc2)N=CN=C2[N+]=CN=C21. The Morgan fingerprint density at radius 3 is 2.78 bits per heavy atom. The molecule has 6 nitrogen and oxygen atoms in total.